The van der Waals surface area contributed by atoms with Crippen LogP contribution in [0.25, 0.3) is 17.2 Å². The maximum Gasteiger partial charge on any atom is 0.318 e. The van der Waals surface area contributed by atoms with E-state index in [4.69, 9.17) is 23.4 Å². The number of hydrogen-bond donors (Lipinski definition) is 0. The van der Waals surface area contributed by atoms with Crippen LogP contribution in [-0.2, 0) is 19.6 Å². The van der Waals surface area contributed by atoms with E-state index in [1.807, 2.05) is 13.0 Å². The number of nitrogens with zero attached hydrogens (tertiary/aromatic N) is 8. The second kappa shape index (κ2) is 8.38. The number of rotatable bonds is 6. The summed E-state index contributed by atoms with van der Waals surface area (Å²) >= 11 is 0. The molecule has 0 saturated heterocycles. The van der Waals surface area contributed by atoms with E-state index in [0.29, 0.717) is 52.9 Å². The number of fused-ring (bicyclic) bond motifs is 2. The molecule has 5 aromatic heterocycles. The highest BCUT2D eigenvalue weighted by atomic mass is 16.5. The molecule has 0 atom stereocenters. The molecule has 0 fully saturated rings. The van der Waals surface area contributed by atoms with Crippen molar-refractivity contribution in [3.63, 3.8) is 0 Å². The number of methoxy groups -OCH3 is 1. The Morgan fingerprint density at radius 3 is 2.74 bits per heavy atom. The van der Waals surface area contributed by atoms with E-state index in [2.05, 4.69) is 36.5 Å². The Kier molecular flexibility index (Phi) is 5.05. The fourth-order valence-electron chi connectivity index (χ4n) is 4.08. The van der Waals surface area contributed by atoms with Crippen LogP contribution in [0.5, 0.6) is 11.5 Å². The molecule has 1 aliphatic heterocycles. The summed E-state index contributed by atoms with van der Waals surface area (Å²) < 4.78 is 24.2. The highest BCUT2D eigenvalue weighted by molar-refractivity contribution is 5.59. The van der Waals surface area contributed by atoms with E-state index in [1.54, 1.807) is 36.8 Å². The van der Waals surface area contributed by atoms with Crippen LogP contribution in [0, 0.1) is 13.8 Å². The summed E-state index contributed by atoms with van der Waals surface area (Å²) in [6, 6.07) is 8.15. The van der Waals surface area contributed by atoms with Gasteiger partial charge < -0.3 is 23.3 Å². The zero-order valence-corrected chi connectivity index (χ0v) is 19.4. The molecule has 0 aliphatic carbocycles. The Morgan fingerprint density at radius 2 is 1.97 bits per heavy atom. The molecule has 5 aromatic rings. The number of aryl methyl sites for hydroxylation is 2. The standard InChI is InChI=1S/C23H22N8O4/c1-13-8-18(29-35-13)22-27-26-21-9-19(32-3)20(11-31(21)22)33-12-16-5-4-15-10-30(7-6-17(15)24-16)23-28-25-14(2)34-23/h4-5,8-9,11H,6-7,10,12H2,1-3H3. The number of hydrogen-bond acceptors (Lipinski definition) is 11. The Hall–Kier alpha value is -4.48. The van der Waals surface area contributed by atoms with Gasteiger partial charge in [0.25, 0.3) is 0 Å². The van der Waals surface area contributed by atoms with Crippen LogP contribution in [0.3, 0.4) is 0 Å². The number of pyridine rings is 2. The Labute approximate surface area is 199 Å². The lowest BCUT2D eigenvalue weighted by molar-refractivity contribution is 0.279. The van der Waals surface area contributed by atoms with Crippen molar-refractivity contribution in [3.8, 4) is 23.0 Å². The minimum absolute atomic E-state index is 0.280. The van der Waals surface area contributed by atoms with Crippen LogP contribution in [0.15, 0.2) is 39.4 Å². The summed E-state index contributed by atoms with van der Waals surface area (Å²) in [5.41, 5.74) is 4.20. The quantitative estimate of drug-likeness (QED) is 0.360. The monoisotopic (exact) mass is 474 g/mol. The number of aromatic nitrogens is 7. The van der Waals surface area contributed by atoms with Crippen molar-refractivity contribution in [2.45, 2.75) is 33.4 Å². The molecule has 0 bridgehead atoms. The van der Waals surface area contributed by atoms with Crippen LogP contribution in [0.1, 0.15) is 28.6 Å². The summed E-state index contributed by atoms with van der Waals surface area (Å²) in [6.07, 6.45) is 2.57. The minimum atomic E-state index is 0.280. The van der Waals surface area contributed by atoms with Crippen molar-refractivity contribution < 1.29 is 18.4 Å². The van der Waals surface area contributed by atoms with Gasteiger partial charge >= 0.3 is 6.01 Å². The molecule has 0 N–H and O–H groups in total. The van der Waals surface area contributed by atoms with Gasteiger partial charge in [0, 0.05) is 44.3 Å². The van der Waals surface area contributed by atoms with Gasteiger partial charge in [0.1, 0.15) is 12.4 Å². The van der Waals surface area contributed by atoms with Crippen molar-refractivity contribution in [2.24, 2.45) is 0 Å². The summed E-state index contributed by atoms with van der Waals surface area (Å²) in [7, 11) is 1.59. The first-order valence-electron chi connectivity index (χ1n) is 11.1. The van der Waals surface area contributed by atoms with E-state index in [-0.39, 0.29) is 6.61 Å². The van der Waals surface area contributed by atoms with Gasteiger partial charge in [0.15, 0.2) is 28.7 Å². The first-order valence-corrected chi connectivity index (χ1v) is 11.1. The Balaban J connectivity index is 1.22. The van der Waals surface area contributed by atoms with Crippen molar-refractivity contribution in [1.29, 1.82) is 0 Å². The molecular weight excluding hydrogens is 452 g/mol. The van der Waals surface area contributed by atoms with Crippen LogP contribution < -0.4 is 14.4 Å². The van der Waals surface area contributed by atoms with Gasteiger partial charge in [-0.2, -0.15) is 0 Å². The topological polar surface area (TPSA) is 130 Å². The van der Waals surface area contributed by atoms with Crippen LogP contribution in [-0.4, -0.2) is 48.6 Å². The van der Waals surface area contributed by atoms with Gasteiger partial charge in [-0.1, -0.05) is 16.3 Å². The second-order valence-electron chi connectivity index (χ2n) is 8.25. The highest BCUT2D eigenvalue weighted by Gasteiger charge is 2.22. The maximum absolute atomic E-state index is 6.12. The Morgan fingerprint density at radius 1 is 1.06 bits per heavy atom. The number of anilines is 1. The van der Waals surface area contributed by atoms with Crippen molar-refractivity contribution in [1.82, 2.24) is 34.9 Å². The summed E-state index contributed by atoms with van der Waals surface area (Å²) in [5, 5.41) is 20.5. The lowest BCUT2D eigenvalue weighted by Crippen LogP contribution is -2.31. The third-order valence-corrected chi connectivity index (χ3v) is 5.82. The van der Waals surface area contributed by atoms with Gasteiger partial charge in [-0.15, -0.1) is 15.3 Å². The lowest BCUT2D eigenvalue weighted by atomic mass is 10.1. The molecular formula is C23H22N8O4. The van der Waals surface area contributed by atoms with Gasteiger partial charge in [-0.25, -0.2) is 0 Å². The average molecular weight is 474 g/mol. The van der Waals surface area contributed by atoms with Crippen molar-refractivity contribution in [2.75, 3.05) is 18.6 Å². The molecule has 0 amide bonds. The molecule has 12 heteroatoms. The van der Waals surface area contributed by atoms with E-state index >= 15 is 0 Å². The summed E-state index contributed by atoms with van der Waals surface area (Å²) in [6.45, 7) is 5.32. The number of ether oxygens (including phenoxy) is 2. The van der Waals surface area contributed by atoms with E-state index < -0.39 is 0 Å². The first kappa shape index (κ1) is 21.1. The second-order valence-corrected chi connectivity index (χ2v) is 8.25. The molecule has 6 heterocycles. The molecule has 12 nitrogen and oxygen atoms in total. The van der Waals surface area contributed by atoms with Gasteiger partial charge in [0.2, 0.25) is 5.89 Å². The highest BCUT2D eigenvalue weighted by Crippen LogP contribution is 2.31. The molecule has 0 aromatic carbocycles. The third kappa shape index (κ3) is 3.92. The van der Waals surface area contributed by atoms with Gasteiger partial charge in [-0.3, -0.25) is 9.38 Å². The fourth-order valence-corrected chi connectivity index (χ4v) is 4.08. The average Bonchev–Trinajstić information content (AvgIpc) is 3.61. The fraction of sp³-hybridized carbons (Fsp3) is 0.304. The predicted molar refractivity (Wildman–Crippen MR) is 122 cm³/mol. The minimum Gasteiger partial charge on any atom is -0.493 e. The molecule has 35 heavy (non-hydrogen) atoms. The zero-order chi connectivity index (χ0) is 23.9. The normalized spacial score (nSPS) is 13.3. The molecule has 6 rings (SSSR count). The van der Waals surface area contributed by atoms with Crippen LogP contribution in [0.2, 0.25) is 0 Å². The molecule has 0 saturated carbocycles. The molecule has 0 spiro atoms. The van der Waals surface area contributed by atoms with Crippen molar-refractivity contribution in [3.05, 3.63) is 59.1 Å². The van der Waals surface area contributed by atoms with E-state index in [0.717, 1.165) is 29.9 Å². The van der Waals surface area contributed by atoms with Crippen LogP contribution >= 0.6 is 0 Å². The largest absolute Gasteiger partial charge is 0.493 e. The SMILES string of the molecule is COc1cc2nnc(-c3cc(C)on3)n2cc1OCc1ccc2c(n1)CCN(c1nnc(C)o1)C2. The molecule has 178 valence electrons. The van der Waals surface area contributed by atoms with Gasteiger partial charge in [-0.05, 0) is 18.6 Å². The van der Waals surface area contributed by atoms with Gasteiger partial charge in [0.05, 0.1) is 19.0 Å². The van der Waals surface area contributed by atoms with Crippen LogP contribution in [0.4, 0.5) is 6.01 Å². The maximum atomic E-state index is 6.12. The smallest absolute Gasteiger partial charge is 0.318 e. The zero-order valence-electron chi connectivity index (χ0n) is 19.4. The van der Waals surface area contributed by atoms with Crippen molar-refractivity contribution >= 4 is 11.7 Å². The third-order valence-electron chi connectivity index (χ3n) is 5.82. The Bertz CT molecular complexity index is 1520. The molecule has 1 aliphatic rings. The molecule has 0 unspecified atom stereocenters. The molecule has 0 radical (unpaired) electrons. The summed E-state index contributed by atoms with van der Waals surface area (Å²) in [5.74, 6) is 2.89. The van der Waals surface area contributed by atoms with E-state index in [1.165, 1.54) is 0 Å². The van der Waals surface area contributed by atoms with E-state index in [9.17, 15) is 0 Å². The summed E-state index contributed by atoms with van der Waals surface area (Å²) in [4.78, 5) is 6.89. The predicted octanol–water partition coefficient (Wildman–Crippen LogP) is 2.93. The first-order chi connectivity index (χ1) is 17.1. The lowest BCUT2D eigenvalue weighted by Gasteiger charge is -2.26.